The lowest BCUT2D eigenvalue weighted by Crippen LogP contribution is -2.07. The Labute approximate surface area is 137 Å². The lowest BCUT2D eigenvalue weighted by atomic mass is 10.1. The molecule has 0 spiro atoms. The van der Waals surface area contributed by atoms with Gasteiger partial charge >= 0.3 is 0 Å². The summed E-state index contributed by atoms with van der Waals surface area (Å²) in [5, 5.41) is 3.78. The predicted octanol–water partition coefficient (Wildman–Crippen LogP) is 4.35. The van der Waals surface area contributed by atoms with Gasteiger partial charge in [0.25, 0.3) is 0 Å². The topological polar surface area (TPSA) is 30.5 Å². The molecule has 0 aliphatic carbocycles. The largest absolute Gasteiger partial charge is 0.490 e. The van der Waals surface area contributed by atoms with Gasteiger partial charge in [0.05, 0.1) is 6.61 Å². The van der Waals surface area contributed by atoms with Gasteiger partial charge in [-0.25, -0.2) is 0 Å². The van der Waals surface area contributed by atoms with E-state index in [1.807, 2.05) is 38.2 Å². The van der Waals surface area contributed by atoms with Gasteiger partial charge in [0.1, 0.15) is 6.61 Å². The molecular formula is C18H22ClNO2. The molecule has 0 atom stereocenters. The minimum absolute atomic E-state index is 0.494. The Kier molecular flexibility index (Phi) is 6.10. The summed E-state index contributed by atoms with van der Waals surface area (Å²) in [5.41, 5.74) is 3.36. The van der Waals surface area contributed by atoms with Crippen molar-refractivity contribution in [2.45, 2.75) is 27.0 Å². The van der Waals surface area contributed by atoms with Crippen LogP contribution in [0.1, 0.15) is 23.6 Å². The van der Waals surface area contributed by atoms with Crippen molar-refractivity contribution in [1.29, 1.82) is 0 Å². The average molecular weight is 320 g/mol. The number of aryl methyl sites for hydroxylation is 1. The van der Waals surface area contributed by atoms with Gasteiger partial charge in [-0.3, -0.25) is 0 Å². The van der Waals surface area contributed by atoms with Gasteiger partial charge < -0.3 is 14.8 Å². The SMILES string of the molecule is CCOc1cc(CNC)c(Cl)cc1OCc1ccccc1C. The molecule has 118 valence electrons. The molecule has 0 aliphatic heterocycles. The molecule has 0 bridgehead atoms. The van der Waals surface area contributed by atoms with Crippen LogP contribution in [0.15, 0.2) is 36.4 Å². The van der Waals surface area contributed by atoms with Crippen molar-refractivity contribution >= 4 is 11.6 Å². The van der Waals surface area contributed by atoms with Gasteiger partial charge in [-0.05, 0) is 43.7 Å². The lowest BCUT2D eigenvalue weighted by Gasteiger charge is -2.15. The summed E-state index contributed by atoms with van der Waals surface area (Å²) in [4.78, 5) is 0. The Morgan fingerprint density at radius 2 is 1.77 bits per heavy atom. The van der Waals surface area contributed by atoms with E-state index in [1.165, 1.54) is 5.56 Å². The van der Waals surface area contributed by atoms with Crippen LogP contribution in [-0.4, -0.2) is 13.7 Å². The minimum atomic E-state index is 0.494. The molecule has 0 unspecified atom stereocenters. The Balaban J connectivity index is 2.22. The molecule has 22 heavy (non-hydrogen) atoms. The maximum absolute atomic E-state index is 6.32. The van der Waals surface area contributed by atoms with Crippen molar-refractivity contribution in [1.82, 2.24) is 5.32 Å². The van der Waals surface area contributed by atoms with E-state index in [1.54, 1.807) is 0 Å². The minimum Gasteiger partial charge on any atom is -0.490 e. The molecule has 2 rings (SSSR count). The van der Waals surface area contributed by atoms with E-state index in [0.29, 0.717) is 30.5 Å². The molecule has 0 aromatic heterocycles. The molecule has 0 saturated heterocycles. The van der Waals surface area contributed by atoms with Crippen LogP contribution in [0.25, 0.3) is 0 Å². The number of benzene rings is 2. The van der Waals surface area contributed by atoms with Gasteiger partial charge in [0, 0.05) is 17.6 Å². The maximum atomic E-state index is 6.32. The van der Waals surface area contributed by atoms with Crippen molar-refractivity contribution in [3.8, 4) is 11.5 Å². The first kappa shape index (κ1) is 16.7. The smallest absolute Gasteiger partial charge is 0.163 e. The summed E-state index contributed by atoms with van der Waals surface area (Å²) in [7, 11) is 1.89. The fraction of sp³-hybridized carbons (Fsp3) is 0.333. The van der Waals surface area contributed by atoms with E-state index in [-0.39, 0.29) is 0 Å². The van der Waals surface area contributed by atoms with Gasteiger partial charge in [0.2, 0.25) is 0 Å². The molecule has 0 radical (unpaired) electrons. The molecule has 0 amide bonds. The Morgan fingerprint density at radius 3 is 2.45 bits per heavy atom. The molecule has 2 aromatic rings. The summed E-state index contributed by atoms with van der Waals surface area (Å²) in [6.45, 7) is 5.80. The molecule has 0 aliphatic rings. The number of hydrogen-bond acceptors (Lipinski definition) is 3. The van der Waals surface area contributed by atoms with Crippen molar-refractivity contribution in [2.24, 2.45) is 0 Å². The third-order valence-electron chi connectivity index (χ3n) is 3.42. The molecule has 0 heterocycles. The Hall–Kier alpha value is -1.71. The van der Waals surface area contributed by atoms with Crippen LogP contribution in [0.2, 0.25) is 5.02 Å². The fourth-order valence-electron chi connectivity index (χ4n) is 2.21. The molecule has 3 nitrogen and oxygen atoms in total. The van der Waals surface area contributed by atoms with Crippen LogP contribution in [0.5, 0.6) is 11.5 Å². The van der Waals surface area contributed by atoms with E-state index in [2.05, 4.69) is 24.4 Å². The van der Waals surface area contributed by atoms with Crippen LogP contribution in [0.3, 0.4) is 0 Å². The zero-order valence-electron chi connectivity index (χ0n) is 13.3. The number of halogens is 1. The second-order valence-electron chi connectivity index (χ2n) is 5.07. The molecule has 1 N–H and O–H groups in total. The fourth-order valence-corrected chi connectivity index (χ4v) is 2.43. The summed E-state index contributed by atoms with van der Waals surface area (Å²) in [6, 6.07) is 11.9. The molecule has 2 aromatic carbocycles. The van der Waals surface area contributed by atoms with Crippen molar-refractivity contribution in [3.05, 3.63) is 58.1 Å². The highest BCUT2D eigenvalue weighted by molar-refractivity contribution is 6.31. The van der Waals surface area contributed by atoms with Crippen LogP contribution in [0.4, 0.5) is 0 Å². The zero-order chi connectivity index (χ0) is 15.9. The van der Waals surface area contributed by atoms with Crippen molar-refractivity contribution in [2.75, 3.05) is 13.7 Å². The number of rotatable bonds is 7. The summed E-state index contributed by atoms with van der Waals surface area (Å²) in [5.74, 6) is 1.40. The summed E-state index contributed by atoms with van der Waals surface area (Å²) >= 11 is 6.32. The van der Waals surface area contributed by atoms with Gasteiger partial charge in [-0.1, -0.05) is 35.9 Å². The van der Waals surface area contributed by atoms with Crippen molar-refractivity contribution in [3.63, 3.8) is 0 Å². The zero-order valence-corrected chi connectivity index (χ0v) is 14.0. The number of hydrogen-bond donors (Lipinski definition) is 1. The van der Waals surface area contributed by atoms with Crippen LogP contribution < -0.4 is 14.8 Å². The third kappa shape index (κ3) is 4.15. The summed E-state index contributed by atoms with van der Waals surface area (Å²) in [6.07, 6.45) is 0. The van der Waals surface area contributed by atoms with Gasteiger partial charge in [-0.15, -0.1) is 0 Å². The van der Waals surface area contributed by atoms with E-state index < -0.39 is 0 Å². The third-order valence-corrected chi connectivity index (χ3v) is 3.78. The highest BCUT2D eigenvalue weighted by Gasteiger charge is 2.11. The monoisotopic (exact) mass is 319 g/mol. The number of ether oxygens (including phenoxy) is 2. The summed E-state index contributed by atoms with van der Waals surface area (Å²) < 4.78 is 11.6. The normalized spacial score (nSPS) is 10.5. The second kappa shape index (κ2) is 8.06. The van der Waals surface area contributed by atoms with Crippen LogP contribution in [-0.2, 0) is 13.2 Å². The van der Waals surface area contributed by atoms with Crippen molar-refractivity contribution < 1.29 is 9.47 Å². The first-order valence-corrected chi connectivity index (χ1v) is 7.80. The second-order valence-corrected chi connectivity index (χ2v) is 5.48. The first-order chi connectivity index (χ1) is 10.7. The van der Waals surface area contributed by atoms with Gasteiger partial charge in [-0.2, -0.15) is 0 Å². The molecule has 4 heteroatoms. The predicted molar refractivity (Wildman–Crippen MR) is 90.9 cm³/mol. The average Bonchev–Trinajstić information content (AvgIpc) is 2.50. The van der Waals surface area contributed by atoms with E-state index >= 15 is 0 Å². The van der Waals surface area contributed by atoms with E-state index in [4.69, 9.17) is 21.1 Å². The Morgan fingerprint density at radius 1 is 1.05 bits per heavy atom. The quantitative estimate of drug-likeness (QED) is 0.823. The van der Waals surface area contributed by atoms with Crippen LogP contribution >= 0.6 is 11.6 Å². The lowest BCUT2D eigenvalue weighted by molar-refractivity contribution is 0.268. The molecular weight excluding hydrogens is 298 g/mol. The Bertz CT molecular complexity index is 628. The van der Waals surface area contributed by atoms with E-state index in [0.717, 1.165) is 16.9 Å². The first-order valence-electron chi connectivity index (χ1n) is 7.42. The maximum Gasteiger partial charge on any atom is 0.163 e. The highest BCUT2D eigenvalue weighted by atomic mass is 35.5. The number of nitrogens with one attached hydrogen (secondary N) is 1. The molecule has 0 saturated carbocycles. The standard InChI is InChI=1S/C18H22ClNO2/c1-4-21-17-9-15(11-20-3)16(19)10-18(17)22-12-14-8-6-5-7-13(14)2/h5-10,20H,4,11-12H2,1-3H3. The van der Waals surface area contributed by atoms with Crippen LogP contribution in [0, 0.1) is 6.92 Å². The van der Waals surface area contributed by atoms with E-state index in [9.17, 15) is 0 Å². The highest BCUT2D eigenvalue weighted by Crippen LogP contribution is 2.34. The van der Waals surface area contributed by atoms with Gasteiger partial charge in [0.15, 0.2) is 11.5 Å². The molecule has 0 fully saturated rings.